The molecule has 5 heteroatoms. The Labute approximate surface area is 94.4 Å². The maximum absolute atomic E-state index is 11.9. The Balaban J connectivity index is 2.83. The van der Waals surface area contributed by atoms with E-state index in [1.807, 2.05) is 0 Å². The van der Waals surface area contributed by atoms with Crippen molar-refractivity contribution in [1.82, 2.24) is 4.90 Å². The van der Waals surface area contributed by atoms with Gasteiger partial charge in [0.25, 0.3) is 5.91 Å². The molecule has 0 heterocycles. The maximum Gasteiger partial charge on any atom is 0.255 e. The first-order valence-electron chi connectivity index (χ1n) is 4.89. The lowest BCUT2D eigenvalue weighted by Crippen LogP contribution is -2.30. The van der Waals surface area contributed by atoms with Gasteiger partial charge in [-0.15, -0.1) is 0 Å². The minimum absolute atomic E-state index is 0.0256. The quantitative estimate of drug-likeness (QED) is 0.583. The van der Waals surface area contributed by atoms with Crippen LogP contribution in [0.15, 0.2) is 18.2 Å². The summed E-state index contributed by atoms with van der Waals surface area (Å²) in [5, 5.41) is 9.29. The Hall–Kier alpha value is -1.75. The average molecular weight is 224 g/mol. The number of carbonyl (C=O) groups is 1. The molecule has 3 N–H and O–H groups in total. The molecule has 1 rings (SSSR count). The van der Waals surface area contributed by atoms with Crippen molar-refractivity contribution < 1.29 is 14.6 Å². The third kappa shape index (κ3) is 2.87. The van der Waals surface area contributed by atoms with E-state index in [4.69, 9.17) is 10.5 Å². The van der Waals surface area contributed by atoms with Gasteiger partial charge in [-0.2, -0.15) is 0 Å². The zero-order valence-corrected chi connectivity index (χ0v) is 9.43. The van der Waals surface area contributed by atoms with Crippen molar-refractivity contribution in [1.29, 1.82) is 0 Å². The Bertz CT molecular complexity index is 379. The Kier molecular flexibility index (Phi) is 4.13. The number of phenols is 1. The molecule has 0 saturated carbocycles. The number of benzene rings is 1. The summed E-state index contributed by atoms with van der Waals surface area (Å²) in [5.41, 5.74) is 6.32. The topological polar surface area (TPSA) is 75.8 Å². The lowest BCUT2D eigenvalue weighted by atomic mass is 10.1. The van der Waals surface area contributed by atoms with Gasteiger partial charge in [-0.05, 0) is 18.2 Å². The van der Waals surface area contributed by atoms with Crippen molar-refractivity contribution in [2.75, 3.05) is 33.0 Å². The first kappa shape index (κ1) is 12.3. The van der Waals surface area contributed by atoms with Crippen LogP contribution in [0.3, 0.4) is 0 Å². The molecule has 1 aromatic rings. The monoisotopic (exact) mass is 224 g/mol. The van der Waals surface area contributed by atoms with Crippen LogP contribution in [0.25, 0.3) is 0 Å². The fourth-order valence-corrected chi connectivity index (χ4v) is 1.26. The van der Waals surface area contributed by atoms with Crippen molar-refractivity contribution in [2.45, 2.75) is 0 Å². The molecule has 0 atom stereocenters. The van der Waals surface area contributed by atoms with Crippen LogP contribution in [0.2, 0.25) is 0 Å². The van der Waals surface area contributed by atoms with Gasteiger partial charge in [-0.3, -0.25) is 4.79 Å². The number of nitrogens with zero attached hydrogens (tertiary/aromatic N) is 1. The van der Waals surface area contributed by atoms with Gasteiger partial charge < -0.3 is 20.5 Å². The summed E-state index contributed by atoms with van der Waals surface area (Å²) in [7, 11) is 3.23. The van der Waals surface area contributed by atoms with Crippen molar-refractivity contribution in [3.63, 3.8) is 0 Å². The largest absolute Gasteiger partial charge is 0.508 e. The molecular formula is C11H16N2O3. The van der Waals surface area contributed by atoms with E-state index >= 15 is 0 Å². The molecule has 16 heavy (non-hydrogen) atoms. The first-order chi connectivity index (χ1) is 7.56. The number of rotatable bonds is 4. The number of carbonyl (C=O) groups excluding carboxylic acids is 1. The van der Waals surface area contributed by atoms with Crippen LogP contribution in [-0.2, 0) is 4.74 Å². The number of hydrogen-bond donors (Lipinski definition) is 2. The molecule has 0 bridgehead atoms. The van der Waals surface area contributed by atoms with Gasteiger partial charge in [0, 0.05) is 26.4 Å². The average Bonchev–Trinajstić information content (AvgIpc) is 2.28. The van der Waals surface area contributed by atoms with Crippen molar-refractivity contribution in [3.8, 4) is 5.75 Å². The zero-order chi connectivity index (χ0) is 12.1. The van der Waals surface area contributed by atoms with Gasteiger partial charge in [-0.25, -0.2) is 0 Å². The summed E-state index contributed by atoms with van der Waals surface area (Å²) in [5.74, 6) is -0.205. The molecule has 0 aromatic heterocycles. The normalized spacial score (nSPS) is 10.1. The summed E-state index contributed by atoms with van der Waals surface area (Å²) in [6.07, 6.45) is 0. The number of nitrogens with two attached hydrogens (primary N) is 1. The second-order valence-corrected chi connectivity index (χ2v) is 3.49. The number of amides is 1. The molecule has 1 amide bonds. The highest BCUT2D eigenvalue weighted by Crippen LogP contribution is 2.19. The number of phenolic OH excluding ortho intramolecular Hbond substituents is 1. The van der Waals surface area contributed by atoms with Gasteiger partial charge in [-0.1, -0.05) is 0 Å². The molecule has 0 radical (unpaired) electrons. The predicted molar refractivity (Wildman–Crippen MR) is 61.4 cm³/mol. The first-order valence-corrected chi connectivity index (χ1v) is 4.89. The molecule has 0 aliphatic carbocycles. The van der Waals surface area contributed by atoms with Gasteiger partial charge in [0.15, 0.2) is 0 Å². The summed E-state index contributed by atoms with van der Waals surface area (Å²) in [6, 6.07) is 4.31. The number of likely N-dealkylation sites (N-methyl/N-ethyl adjacent to an activating group) is 1. The van der Waals surface area contributed by atoms with E-state index in [1.165, 1.54) is 23.1 Å². The molecule has 0 spiro atoms. The number of methoxy groups -OCH3 is 1. The molecule has 88 valence electrons. The van der Waals surface area contributed by atoms with Crippen LogP contribution in [0.5, 0.6) is 5.75 Å². The van der Waals surface area contributed by atoms with E-state index in [0.717, 1.165) is 0 Å². The fraction of sp³-hybridized carbons (Fsp3) is 0.364. The maximum atomic E-state index is 11.9. The summed E-state index contributed by atoms with van der Waals surface area (Å²) >= 11 is 0. The van der Waals surface area contributed by atoms with Crippen molar-refractivity contribution >= 4 is 11.6 Å². The van der Waals surface area contributed by atoms with E-state index in [-0.39, 0.29) is 11.7 Å². The number of hydrogen-bond acceptors (Lipinski definition) is 4. The van der Waals surface area contributed by atoms with Crippen LogP contribution >= 0.6 is 0 Å². The molecule has 5 nitrogen and oxygen atoms in total. The second-order valence-electron chi connectivity index (χ2n) is 3.49. The predicted octanol–water partition coefficient (Wildman–Crippen LogP) is 0.693. The van der Waals surface area contributed by atoms with E-state index in [9.17, 15) is 9.90 Å². The zero-order valence-electron chi connectivity index (χ0n) is 9.43. The van der Waals surface area contributed by atoms with Crippen LogP contribution in [-0.4, -0.2) is 43.2 Å². The van der Waals surface area contributed by atoms with Crippen molar-refractivity contribution in [2.24, 2.45) is 0 Å². The highest BCUT2D eigenvalue weighted by molar-refractivity contribution is 5.99. The second kappa shape index (κ2) is 5.37. The SMILES string of the molecule is COCCN(C)C(=O)c1cc(O)ccc1N. The van der Waals surface area contributed by atoms with Crippen molar-refractivity contribution in [3.05, 3.63) is 23.8 Å². The fourth-order valence-electron chi connectivity index (χ4n) is 1.26. The smallest absolute Gasteiger partial charge is 0.255 e. The Morgan fingerprint density at radius 3 is 2.88 bits per heavy atom. The van der Waals surface area contributed by atoms with Crippen LogP contribution < -0.4 is 5.73 Å². The van der Waals surface area contributed by atoms with E-state index < -0.39 is 0 Å². The summed E-state index contributed by atoms with van der Waals surface area (Å²) < 4.78 is 4.88. The molecule has 1 aromatic carbocycles. The highest BCUT2D eigenvalue weighted by Gasteiger charge is 2.14. The number of ether oxygens (including phenoxy) is 1. The van der Waals surface area contributed by atoms with E-state index in [0.29, 0.717) is 24.4 Å². The Morgan fingerprint density at radius 2 is 2.25 bits per heavy atom. The van der Waals surface area contributed by atoms with Crippen LogP contribution in [0.1, 0.15) is 10.4 Å². The van der Waals surface area contributed by atoms with E-state index in [1.54, 1.807) is 14.2 Å². The molecule has 0 unspecified atom stereocenters. The number of aromatic hydroxyl groups is 1. The van der Waals surface area contributed by atoms with Crippen LogP contribution in [0.4, 0.5) is 5.69 Å². The third-order valence-electron chi connectivity index (χ3n) is 2.24. The molecule has 0 fully saturated rings. The summed E-state index contributed by atoms with van der Waals surface area (Å²) in [4.78, 5) is 13.4. The van der Waals surface area contributed by atoms with Gasteiger partial charge in [0.1, 0.15) is 5.75 Å². The standard InChI is InChI=1S/C11H16N2O3/c1-13(5-6-16-2)11(15)9-7-8(14)3-4-10(9)12/h3-4,7,14H,5-6,12H2,1-2H3. The third-order valence-corrected chi connectivity index (χ3v) is 2.24. The minimum atomic E-state index is -0.231. The number of anilines is 1. The highest BCUT2D eigenvalue weighted by atomic mass is 16.5. The lowest BCUT2D eigenvalue weighted by molar-refractivity contribution is 0.0745. The molecule has 0 saturated heterocycles. The van der Waals surface area contributed by atoms with Gasteiger partial charge >= 0.3 is 0 Å². The molecule has 0 aliphatic heterocycles. The number of nitrogen functional groups attached to an aromatic ring is 1. The van der Waals surface area contributed by atoms with Crippen LogP contribution in [0, 0.1) is 0 Å². The lowest BCUT2D eigenvalue weighted by Gasteiger charge is -2.17. The summed E-state index contributed by atoms with van der Waals surface area (Å²) in [6.45, 7) is 0.936. The minimum Gasteiger partial charge on any atom is -0.508 e. The van der Waals surface area contributed by atoms with E-state index in [2.05, 4.69) is 0 Å². The molecular weight excluding hydrogens is 208 g/mol. The van der Waals surface area contributed by atoms with Gasteiger partial charge in [0.2, 0.25) is 0 Å². The van der Waals surface area contributed by atoms with Gasteiger partial charge in [0.05, 0.1) is 12.2 Å². The Morgan fingerprint density at radius 1 is 1.56 bits per heavy atom. The molecule has 0 aliphatic rings.